The Morgan fingerprint density at radius 1 is 1.47 bits per heavy atom. The average molecular weight is 266 g/mol. The quantitative estimate of drug-likeness (QED) is 0.889. The zero-order valence-electron chi connectivity index (χ0n) is 11.9. The second-order valence-corrected chi connectivity index (χ2v) is 5.50. The molecule has 0 aromatic heterocycles. The summed E-state index contributed by atoms with van der Waals surface area (Å²) in [6, 6.07) is 6.94. The lowest BCUT2D eigenvalue weighted by molar-refractivity contribution is -0.0907. The third-order valence-corrected chi connectivity index (χ3v) is 4.61. The Hall–Kier alpha value is -0.970. The topological polar surface area (TPSA) is 38.5 Å². The average Bonchev–Trinajstić information content (AvgIpc) is 2.38. The molecule has 0 saturated heterocycles. The standard InChI is InChI=1S/C15H23FN2O/c1-11(13-6-4-5-7-14(13)16)18(2)15(10-17)8-12(9-15)19-3/h4-7,11-12H,8-10,17H2,1-3H3. The fourth-order valence-electron chi connectivity index (χ4n) is 2.99. The molecule has 0 bridgehead atoms. The lowest BCUT2D eigenvalue weighted by Crippen LogP contribution is -2.63. The summed E-state index contributed by atoms with van der Waals surface area (Å²) >= 11 is 0. The van der Waals surface area contributed by atoms with E-state index in [0.29, 0.717) is 6.54 Å². The van der Waals surface area contributed by atoms with E-state index in [-0.39, 0.29) is 23.5 Å². The number of benzene rings is 1. The van der Waals surface area contributed by atoms with Gasteiger partial charge in [-0.05, 0) is 32.9 Å². The van der Waals surface area contributed by atoms with Crippen LogP contribution in [0.5, 0.6) is 0 Å². The third kappa shape index (κ3) is 2.53. The number of ether oxygens (including phenoxy) is 1. The molecule has 1 unspecified atom stereocenters. The summed E-state index contributed by atoms with van der Waals surface area (Å²) in [5.74, 6) is -0.156. The number of nitrogens with two attached hydrogens (primary N) is 1. The molecule has 0 heterocycles. The number of halogens is 1. The molecule has 1 aliphatic carbocycles. The molecule has 0 radical (unpaired) electrons. The summed E-state index contributed by atoms with van der Waals surface area (Å²) in [7, 11) is 3.75. The van der Waals surface area contributed by atoms with Gasteiger partial charge < -0.3 is 10.5 Å². The number of rotatable bonds is 5. The third-order valence-electron chi connectivity index (χ3n) is 4.61. The number of likely N-dealkylation sites (N-methyl/N-ethyl adjacent to an activating group) is 1. The van der Waals surface area contributed by atoms with Gasteiger partial charge in [0, 0.05) is 30.8 Å². The van der Waals surface area contributed by atoms with E-state index >= 15 is 0 Å². The zero-order valence-corrected chi connectivity index (χ0v) is 11.9. The minimum atomic E-state index is -0.156. The molecule has 0 aliphatic heterocycles. The van der Waals surface area contributed by atoms with Crippen LogP contribution in [0, 0.1) is 5.82 Å². The summed E-state index contributed by atoms with van der Waals surface area (Å²) in [5.41, 5.74) is 6.60. The minimum Gasteiger partial charge on any atom is -0.381 e. The van der Waals surface area contributed by atoms with Gasteiger partial charge in [-0.1, -0.05) is 18.2 Å². The SMILES string of the molecule is COC1CC(CN)(N(C)C(C)c2ccccc2F)C1. The highest BCUT2D eigenvalue weighted by Crippen LogP contribution is 2.42. The highest BCUT2D eigenvalue weighted by atomic mass is 19.1. The molecule has 2 N–H and O–H groups in total. The zero-order chi connectivity index (χ0) is 14.0. The van der Waals surface area contributed by atoms with Gasteiger partial charge in [0.05, 0.1) is 6.10 Å². The van der Waals surface area contributed by atoms with Crippen LogP contribution in [-0.4, -0.2) is 37.2 Å². The number of hydrogen-bond acceptors (Lipinski definition) is 3. The normalized spacial score (nSPS) is 28.2. The highest BCUT2D eigenvalue weighted by molar-refractivity contribution is 5.22. The first kappa shape index (κ1) is 14.4. The minimum absolute atomic E-state index is 0.00237. The first-order valence-corrected chi connectivity index (χ1v) is 6.74. The lowest BCUT2D eigenvalue weighted by Gasteiger charge is -2.54. The highest BCUT2D eigenvalue weighted by Gasteiger charge is 2.48. The lowest BCUT2D eigenvalue weighted by atomic mass is 9.72. The van der Waals surface area contributed by atoms with Crippen LogP contribution in [-0.2, 0) is 4.74 Å². The fraction of sp³-hybridized carbons (Fsp3) is 0.600. The van der Waals surface area contributed by atoms with Gasteiger partial charge in [-0.25, -0.2) is 4.39 Å². The Kier molecular flexibility index (Phi) is 4.23. The van der Waals surface area contributed by atoms with Crippen molar-refractivity contribution < 1.29 is 9.13 Å². The summed E-state index contributed by atoms with van der Waals surface area (Å²) in [5, 5.41) is 0. The Labute approximate surface area is 114 Å². The van der Waals surface area contributed by atoms with Crippen molar-refractivity contribution in [3.63, 3.8) is 0 Å². The van der Waals surface area contributed by atoms with Crippen molar-refractivity contribution in [2.75, 3.05) is 20.7 Å². The summed E-state index contributed by atoms with van der Waals surface area (Å²) in [6.45, 7) is 2.60. The van der Waals surface area contributed by atoms with Crippen LogP contribution >= 0.6 is 0 Å². The van der Waals surface area contributed by atoms with E-state index in [1.807, 2.05) is 26.1 Å². The molecule has 2 rings (SSSR count). The molecule has 0 amide bonds. The first-order chi connectivity index (χ1) is 9.04. The van der Waals surface area contributed by atoms with E-state index in [0.717, 1.165) is 18.4 Å². The van der Waals surface area contributed by atoms with E-state index in [9.17, 15) is 4.39 Å². The Morgan fingerprint density at radius 2 is 2.11 bits per heavy atom. The summed E-state index contributed by atoms with van der Waals surface area (Å²) < 4.78 is 19.2. The Balaban J connectivity index is 2.15. The van der Waals surface area contributed by atoms with Gasteiger partial charge in [-0.2, -0.15) is 0 Å². The van der Waals surface area contributed by atoms with Crippen molar-refractivity contribution in [2.24, 2.45) is 5.73 Å². The van der Waals surface area contributed by atoms with Crippen LogP contribution in [0.15, 0.2) is 24.3 Å². The number of hydrogen-bond donors (Lipinski definition) is 1. The second kappa shape index (κ2) is 5.57. The largest absolute Gasteiger partial charge is 0.381 e. The molecule has 1 aliphatic rings. The van der Waals surface area contributed by atoms with Crippen LogP contribution < -0.4 is 5.73 Å². The maximum atomic E-state index is 13.9. The molecule has 1 atom stereocenters. The van der Waals surface area contributed by atoms with Crippen molar-refractivity contribution in [2.45, 2.75) is 37.5 Å². The van der Waals surface area contributed by atoms with E-state index < -0.39 is 0 Å². The van der Waals surface area contributed by atoms with Gasteiger partial charge in [0.15, 0.2) is 0 Å². The molecule has 0 spiro atoms. The molecule has 1 aromatic carbocycles. The number of methoxy groups -OCH3 is 1. The maximum absolute atomic E-state index is 13.9. The predicted octanol–water partition coefficient (Wildman–Crippen LogP) is 2.32. The van der Waals surface area contributed by atoms with Crippen LogP contribution in [0.2, 0.25) is 0 Å². The molecule has 1 aromatic rings. The first-order valence-electron chi connectivity index (χ1n) is 6.74. The maximum Gasteiger partial charge on any atom is 0.127 e. The van der Waals surface area contributed by atoms with Crippen LogP contribution in [0.25, 0.3) is 0 Å². The monoisotopic (exact) mass is 266 g/mol. The smallest absolute Gasteiger partial charge is 0.127 e. The molecule has 3 nitrogen and oxygen atoms in total. The summed E-state index contributed by atoms with van der Waals surface area (Å²) in [6.07, 6.45) is 2.10. The number of nitrogens with zero attached hydrogens (tertiary/aromatic N) is 1. The van der Waals surface area contributed by atoms with Gasteiger partial charge in [0.2, 0.25) is 0 Å². The predicted molar refractivity (Wildman–Crippen MR) is 74.4 cm³/mol. The van der Waals surface area contributed by atoms with Crippen molar-refractivity contribution in [3.8, 4) is 0 Å². The van der Waals surface area contributed by atoms with Crippen molar-refractivity contribution >= 4 is 0 Å². The van der Waals surface area contributed by atoms with Crippen LogP contribution in [0.3, 0.4) is 0 Å². The molecule has 1 saturated carbocycles. The summed E-state index contributed by atoms with van der Waals surface area (Å²) in [4.78, 5) is 2.20. The van der Waals surface area contributed by atoms with Gasteiger partial charge in [0.1, 0.15) is 5.82 Å². The molecular formula is C15H23FN2O. The van der Waals surface area contributed by atoms with E-state index in [2.05, 4.69) is 4.90 Å². The van der Waals surface area contributed by atoms with Crippen molar-refractivity contribution in [1.29, 1.82) is 0 Å². The van der Waals surface area contributed by atoms with E-state index in [1.165, 1.54) is 6.07 Å². The van der Waals surface area contributed by atoms with Crippen molar-refractivity contribution in [3.05, 3.63) is 35.6 Å². The van der Waals surface area contributed by atoms with E-state index in [4.69, 9.17) is 10.5 Å². The second-order valence-electron chi connectivity index (χ2n) is 5.50. The molecule has 4 heteroatoms. The van der Waals surface area contributed by atoms with Crippen LogP contribution in [0.4, 0.5) is 4.39 Å². The van der Waals surface area contributed by atoms with Crippen LogP contribution in [0.1, 0.15) is 31.4 Å². The Bertz CT molecular complexity index is 432. The fourth-order valence-corrected chi connectivity index (χ4v) is 2.99. The molecule has 1 fully saturated rings. The molecule has 106 valence electrons. The Morgan fingerprint density at radius 3 is 2.63 bits per heavy atom. The van der Waals surface area contributed by atoms with Gasteiger partial charge in [-0.15, -0.1) is 0 Å². The van der Waals surface area contributed by atoms with E-state index in [1.54, 1.807) is 13.2 Å². The molecule has 19 heavy (non-hydrogen) atoms. The molecular weight excluding hydrogens is 243 g/mol. The van der Waals surface area contributed by atoms with Crippen molar-refractivity contribution in [1.82, 2.24) is 4.90 Å². The van der Waals surface area contributed by atoms with Gasteiger partial charge >= 0.3 is 0 Å². The van der Waals surface area contributed by atoms with Gasteiger partial charge in [0.25, 0.3) is 0 Å². The van der Waals surface area contributed by atoms with Gasteiger partial charge in [-0.3, -0.25) is 4.90 Å².